The molecule has 0 aliphatic heterocycles. The average molecular weight is 1500 g/mol. The number of aromatic nitrogens is 4. The minimum Gasteiger partial charge on any atom is -0.478 e. The monoisotopic (exact) mass is 1500 g/mol. The Labute approximate surface area is 628 Å². The molecule has 0 bridgehead atoms. The number of aromatic carboxylic acids is 4. The first kappa shape index (κ1) is 73.5. The number of rotatable bonds is 16. The number of carbonyl (C=O) groups is 4. The van der Waals surface area contributed by atoms with E-state index in [0.29, 0.717) is 55.7 Å². The number of hydrogen-bond donors (Lipinski definition) is 12. The van der Waals surface area contributed by atoms with Gasteiger partial charge in [-0.3, -0.25) is 40.5 Å². The van der Waals surface area contributed by atoms with Gasteiger partial charge in [0.1, 0.15) is 0 Å². The molecule has 32 nitrogen and oxygen atoms in total. The SMILES string of the molecule is Nc1ccc(Nc2c3ccc([N+](=O)[O-])cc3nc3cc([N+](=O)[O-])ccc23)c(C(=O)O)c1.Nc1ccc(Nc2c3ccc([N+](=O)[O-])cc3nc3cc([N+](=O)[O-])ccc23)cc1C(=O)O.Nc1ccc(Nc2c3ccccc3nc3ccccc23)c(C(=O)O)c1.Nc1ccc(Nc2c3ccccc3nc3ccccc23)cc1C(=O)O. The van der Waals surface area contributed by atoms with Gasteiger partial charge < -0.3 is 64.6 Å². The van der Waals surface area contributed by atoms with Crippen LogP contribution in [0.2, 0.25) is 0 Å². The molecule has 0 fully saturated rings. The number of carboxylic acid groups (broad SMARTS) is 4. The second-order valence-electron chi connectivity index (χ2n) is 24.8. The van der Waals surface area contributed by atoms with E-state index in [1.165, 1.54) is 109 Å². The summed E-state index contributed by atoms with van der Waals surface area (Å²) in [6, 6.07) is 65.9. The Morgan fingerprint density at radius 1 is 0.277 bits per heavy atom. The molecule has 12 aromatic carbocycles. The number of nitro benzene ring substituents is 4. The number of para-hydroxylation sites is 4. The highest BCUT2D eigenvalue weighted by molar-refractivity contribution is 6.14. The van der Waals surface area contributed by atoms with E-state index in [2.05, 4.69) is 41.2 Å². The van der Waals surface area contributed by atoms with E-state index in [1.807, 2.05) is 97.1 Å². The molecule has 4 aromatic heterocycles. The largest absolute Gasteiger partial charge is 0.478 e. The molecule has 0 unspecified atom stereocenters. The van der Waals surface area contributed by atoms with Crippen molar-refractivity contribution in [1.29, 1.82) is 0 Å². The maximum absolute atomic E-state index is 11.7. The molecule has 112 heavy (non-hydrogen) atoms. The summed E-state index contributed by atoms with van der Waals surface area (Å²) in [5.41, 5.74) is 31.9. The Balaban J connectivity index is 0.000000131. The van der Waals surface area contributed by atoms with Gasteiger partial charge in [0.15, 0.2) is 0 Å². The van der Waals surface area contributed by atoms with E-state index >= 15 is 0 Å². The van der Waals surface area contributed by atoms with Crippen LogP contribution in [0.1, 0.15) is 41.4 Å². The minimum atomic E-state index is -1.20. The molecule has 4 heterocycles. The Bertz CT molecular complexity index is 6420. The number of nitro groups is 4. The van der Waals surface area contributed by atoms with E-state index in [9.17, 15) is 80.1 Å². The van der Waals surface area contributed by atoms with Crippen LogP contribution in [0.5, 0.6) is 0 Å². The molecule has 32 heteroatoms. The lowest BCUT2D eigenvalue weighted by Gasteiger charge is -2.15. The van der Waals surface area contributed by atoms with E-state index in [1.54, 1.807) is 36.4 Å². The number of nitrogen functional groups attached to an aromatic ring is 4. The summed E-state index contributed by atoms with van der Waals surface area (Å²) in [4.78, 5) is 106. The number of pyridine rings is 4. The van der Waals surface area contributed by atoms with Crippen molar-refractivity contribution in [3.8, 4) is 0 Å². The Hall–Kier alpha value is -16.8. The summed E-state index contributed by atoms with van der Waals surface area (Å²) >= 11 is 0. The molecule has 552 valence electrons. The number of hydrogen-bond acceptors (Lipinski definition) is 24. The van der Waals surface area contributed by atoms with Gasteiger partial charge in [-0.05, 0) is 121 Å². The first-order valence-corrected chi connectivity index (χ1v) is 33.2. The zero-order valence-electron chi connectivity index (χ0n) is 57.7. The van der Waals surface area contributed by atoms with Crippen molar-refractivity contribution in [2.45, 2.75) is 0 Å². The van der Waals surface area contributed by atoms with Gasteiger partial charge in [-0.25, -0.2) is 39.1 Å². The fourth-order valence-electron chi connectivity index (χ4n) is 12.4. The topological polar surface area (TPSA) is 526 Å². The number of carboxylic acids is 4. The standard InChI is InChI=1S/2C20H13N5O6.2C20H15N3O2/c21-16-6-1-10(7-15(16)20(26)27)22-19-13-4-2-11(24(28)29)8-17(13)23-18-9-12(25(30)31)3-5-14(18)19;21-10-1-6-16(15(7-10)20(26)27)23-19-13-4-2-11(24(28)29)8-17(13)22-18-9-12(25(30)31)3-5-14(18)19;21-16-10-9-12(11-15(16)20(24)25)22-19-13-5-1-3-7-17(13)23-18-8-4-2-6-14(18)19;21-12-9-10-18(15(11-12)20(24)25)23-19-13-5-1-3-7-16(13)22-17-8-4-2-6-14(17)19/h2*1-9H,21H2,(H,22,23)(H,26,27);2*1-11H,21H2,(H,22,23)(H,24,25). The molecule has 0 radical (unpaired) electrons. The van der Waals surface area contributed by atoms with E-state index in [-0.39, 0.29) is 89.8 Å². The lowest BCUT2D eigenvalue weighted by Crippen LogP contribution is -2.05. The molecule has 16 N–H and O–H groups in total. The third kappa shape index (κ3) is 15.3. The summed E-state index contributed by atoms with van der Waals surface area (Å²) in [7, 11) is 0. The summed E-state index contributed by atoms with van der Waals surface area (Å²) in [6.07, 6.45) is 0. The van der Waals surface area contributed by atoms with Crippen molar-refractivity contribution < 1.29 is 59.3 Å². The van der Waals surface area contributed by atoms with Gasteiger partial charge in [-0.15, -0.1) is 0 Å². The molecule has 0 aliphatic rings. The highest BCUT2D eigenvalue weighted by Crippen LogP contribution is 2.41. The second kappa shape index (κ2) is 30.7. The Kier molecular flexibility index (Phi) is 20.2. The number of nitrogens with two attached hydrogens (primary N) is 4. The van der Waals surface area contributed by atoms with Gasteiger partial charge in [0.25, 0.3) is 22.7 Å². The smallest absolute Gasteiger partial charge is 0.337 e. The van der Waals surface area contributed by atoms with Crippen LogP contribution in [0.4, 0.5) is 91.0 Å². The van der Waals surface area contributed by atoms with Crippen molar-refractivity contribution in [2.24, 2.45) is 0 Å². The lowest BCUT2D eigenvalue weighted by atomic mass is 10.1. The molecular formula is C80H56N16O16. The van der Waals surface area contributed by atoms with Crippen molar-refractivity contribution in [3.05, 3.63) is 305 Å². The predicted octanol–water partition coefficient (Wildman–Crippen LogP) is 17.3. The summed E-state index contributed by atoms with van der Waals surface area (Å²) in [6.45, 7) is 0. The van der Waals surface area contributed by atoms with Crippen LogP contribution in [-0.2, 0) is 0 Å². The minimum absolute atomic E-state index is 0.0765. The quantitative estimate of drug-likeness (QED) is 0.0185. The van der Waals surface area contributed by atoms with Crippen LogP contribution in [0.15, 0.2) is 243 Å². The molecule has 0 aliphatic carbocycles. The molecule has 0 spiro atoms. The van der Waals surface area contributed by atoms with Gasteiger partial charge in [-0.1, -0.05) is 72.8 Å². The Morgan fingerprint density at radius 2 is 0.527 bits per heavy atom. The van der Waals surface area contributed by atoms with Gasteiger partial charge in [0, 0.05) is 126 Å². The van der Waals surface area contributed by atoms with Crippen LogP contribution in [0.3, 0.4) is 0 Å². The maximum atomic E-state index is 11.7. The van der Waals surface area contributed by atoms with Crippen LogP contribution in [0, 0.1) is 40.5 Å². The van der Waals surface area contributed by atoms with Crippen molar-refractivity contribution in [3.63, 3.8) is 0 Å². The van der Waals surface area contributed by atoms with Crippen molar-refractivity contribution >= 4 is 202 Å². The first-order valence-electron chi connectivity index (χ1n) is 33.2. The van der Waals surface area contributed by atoms with Gasteiger partial charge >= 0.3 is 23.9 Å². The van der Waals surface area contributed by atoms with Gasteiger partial charge in [0.05, 0.1) is 120 Å². The number of benzene rings is 12. The number of fused-ring (bicyclic) bond motifs is 8. The number of nitrogens with one attached hydrogen (secondary N) is 4. The Morgan fingerprint density at radius 3 is 0.795 bits per heavy atom. The van der Waals surface area contributed by atoms with Crippen molar-refractivity contribution in [2.75, 3.05) is 44.2 Å². The molecule has 0 atom stereocenters. The molecule has 0 amide bonds. The van der Waals surface area contributed by atoms with Crippen LogP contribution in [-0.4, -0.2) is 83.9 Å². The van der Waals surface area contributed by atoms with Crippen LogP contribution < -0.4 is 44.2 Å². The van der Waals surface area contributed by atoms with Gasteiger partial charge in [0.2, 0.25) is 0 Å². The normalized spacial score (nSPS) is 10.9. The number of anilines is 12. The third-order valence-electron chi connectivity index (χ3n) is 17.7. The zero-order valence-corrected chi connectivity index (χ0v) is 57.7. The maximum Gasteiger partial charge on any atom is 0.337 e. The number of non-ortho nitro benzene ring substituents is 4. The molecule has 16 aromatic rings. The van der Waals surface area contributed by atoms with Crippen LogP contribution >= 0.6 is 0 Å². The first-order chi connectivity index (χ1) is 53.7. The fourth-order valence-corrected chi connectivity index (χ4v) is 12.4. The highest BCUT2D eigenvalue weighted by Gasteiger charge is 2.23. The van der Waals surface area contributed by atoms with Crippen LogP contribution in [0.25, 0.3) is 87.2 Å². The van der Waals surface area contributed by atoms with E-state index in [0.717, 1.165) is 55.0 Å². The highest BCUT2D eigenvalue weighted by atomic mass is 16.6. The second-order valence-corrected chi connectivity index (χ2v) is 24.8. The predicted molar refractivity (Wildman–Crippen MR) is 428 cm³/mol. The summed E-state index contributed by atoms with van der Waals surface area (Å²) < 4.78 is 0. The fraction of sp³-hybridized carbons (Fsp3) is 0. The summed E-state index contributed by atoms with van der Waals surface area (Å²) in [5, 5.41) is 101. The molecule has 0 saturated heterocycles. The zero-order chi connectivity index (χ0) is 79.3. The molecular weight excluding hydrogens is 1440 g/mol. The summed E-state index contributed by atoms with van der Waals surface area (Å²) in [5.74, 6) is -4.48. The third-order valence-corrected chi connectivity index (χ3v) is 17.7. The van der Waals surface area contributed by atoms with Crippen molar-refractivity contribution in [1.82, 2.24) is 19.9 Å². The number of nitrogens with zero attached hydrogens (tertiary/aromatic N) is 8. The van der Waals surface area contributed by atoms with Gasteiger partial charge in [-0.2, -0.15) is 0 Å². The average Bonchev–Trinajstić information content (AvgIpc) is 0.766. The van der Waals surface area contributed by atoms with E-state index in [4.69, 9.17) is 22.9 Å². The lowest BCUT2D eigenvalue weighted by molar-refractivity contribution is -0.384. The molecule has 0 saturated carbocycles. The van der Waals surface area contributed by atoms with E-state index < -0.39 is 43.6 Å². The molecule has 16 rings (SSSR count).